The zero-order chi connectivity index (χ0) is 17.6. The summed E-state index contributed by atoms with van der Waals surface area (Å²) in [5.74, 6) is 0.410. The summed E-state index contributed by atoms with van der Waals surface area (Å²) in [6.45, 7) is 12.2. The first-order valence-corrected chi connectivity index (χ1v) is 9.97. The van der Waals surface area contributed by atoms with Gasteiger partial charge in [0.05, 0.1) is 12.5 Å². The minimum absolute atomic E-state index is 0.0739. The fraction of sp³-hybridized carbons (Fsp3) is 0.950. The van der Waals surface area contributed by atoms with Gasteiger partial charge in [-0.2, -0.15) is 0 Å². The summed E-state index contributed by atoms with van der Waals surface area (Å²) in [6.07, 6.45) is 7.39. The lowest BCUT2D eigenvalue weighted by Crippen LogP contribution is -2.67. The van der Waals surface area contributed by atoms with E-state index in [0.29, 0.717) is 19.1 Å². The van der Waals surface area contributed by atoms with Gasteiger partial charge in [0.2, 0.25) is 0 Å². The number of piperidine rings is 1. The molecule has 0 radical (unpaired) electrons. The van der Waals surface area contributed by atoms with E-state index >= 15 is 0 Å². The monoisotopic (exact) mass is 336 g/mol. The second-order valence-corrected chi connectivity index (χ2v) is 9.01. The van der Waals surface area contributed by atoms with E-state index in [0.717, 1.165) is 19.5 Å². The van der Waals surface area contributed by atoms with Crippen LogP contribution in [0.4, 0.5) is 0 Å². The smallest absolute Gasteiger partial charge is 0.312 e. The summed E-state index contributed by atoms with van der Waals surface area (Å²) in [5, 5.41) is 0. The molecule has 24 heavy (non-hydrogen) atoms. The Morgan fingerprint density at radius 2 is 1.92 bits per heavy atom. The molecule has 2 bridgehead atoms. The third-order valence-electron chi connectivity index (χ3n) is 8.25. The van der Waals surface area contributed by atoms with Gasteiger partial charge in [-0.15, -0.1) is 0 Å². The first kappa shape index (κ1) is 18.2. The van der Waals surface area contributed by atoms with Crippen LogP contribution in [0.25, 0.3) is 0 Å². The van der Waals surface area contributed by atoms with Crippen LogP contribution in [0, 0.1) is 22.7 Å². The molecular formula is C20H36N2O2. The molecule has 0 aromatic rings. The molecule has 4 heteroatoms. The predicted molar refractivity (Wildman–Crippen MR) is 96.6 cm³/mol. The van der Waals surface area contributed by atoms with Crippen LogP contribution in [-0.2, 0) is 9.53 Å². The molecule has 1 aliphatic heterocycles. The molecule has 3 rings (SSSR count). The molecular weight excluding hydrogens is 300 g/mol. The minimum atomic E-state index is -0.204. The van der Waals surface area contributed by atoms with E-state index in [9.17, 15) is 4.79 Å². The summed E-state index contributed by atoms with van der Waals surface area (Å²) in [6, 6.07) is 0. The Morgan fingerprint density at radius 1 is 1.25 bits per heavy atom. The van der Waals surface area contributed by atoms with Gasteiger partial charge in [-0.3, -0.25) is 9.69 Å². The third kappa shape index (κ3) is 2.21. The first-order chi connectivity index (χ1) is 11.3. The fourth-order valence-electron chi connectivity index (χ4n) is 6.58. The molecule has 4 nitrogen and oxygen atoms in total. The number of rotatable bonds is 5. The van der Waals surface area contributed by atoms with Gasteiger partial charge >= 0.3 is 5.97 Å². The normalized spacial score (nSPS) is 39.8. The third-order valence-corrected chi connectivity index (χ3v) is 8.25. The molecule has 2 N–H and O–H groups in total. The van der Waals surface area contributed by atoms with Crippen molar-refractivity contribution in [2.75, 3.05) is 26.2 Å². The molecule has 2 saturated carbocycles. The number of nitrogens with two attached hydrogens (primary N) is 1. The number of ether oxygens (including phenoxy) is 1. The number of hydrogen-bond donors (Lipinski definition) is 1. The lowest BCUT2D eigenvalue weighted by Gasteiger charge is -2.58. The van der Waals surface area contributed by atoms with E-state index in [4.69, 9.17) is 10.5 Å². The Hall–Kier alpha value is -0.610. The Morgan fingerprint density at radius 3 is 2.38 bits per heavy atom. The first-order valence-electron chi connectivity index (χ1n) is 9.97. The average molecular weight is 337 g/mol. The molecule has 0 spiro atoms. The highest BCUT2D eigenvalue weighted by atomic mass is 16.5. The standard InChI is InChI=1S/C20H36N2O2/c1-5-24-17(23)16(14-21)20(22-11-7-6-8-12-22)13-15-9-10-19(20,4)18(15,2)3/h15-16H,5-14,21H2,1-4H3/t15-,16+,19+,20+/m1/s1. The van der Waals surface area contributed by atoms with Gasteiger partial charge in [0.1, 0.15) is 0 Å². The second-order valence-electron chi connectivity index (χ2n) is 9.01. The van der Waals surface area contributed by atoms with Crippen molar-refractivity contribution in [2.45, 2.75) is 71.8 Å². The number of likely N-dealkylation sites (tertiary alicyclic amines) is 1. The number of nitrogens with zero attached hydrogens (tertiary/aromatic N) is 1. The van der Waals surface area contributed by atoms with E-state index < -0.39 is 0 Å². The predicted octanol–water partition coefficient (Wildman–Crippen LogP) is 3.20. The fourth-order valence-corrected chi connectivity index (χ4v) is 6.58. The average Bonchev–Trinajstić information content (AvgIpc) is 2.89. The van der Waals surface area contributed by atoms with E-state index in [1.54, 1.807) is 0 Å². The molecule has 0 unspecified atom stereocenters. The van der Waals surface area contributed by atoms with Crippen LogP contribution in [0.1, 0.15) is 66.2 Å². The highest BCUT2D eigenvalue weighted by Gasteiger charge is 2.73. The van der Waals surface area contributed by atoms with Crippen LogP contribution >= 0.6 is 0 Å². The molecule has 0 amide bonds. The largest absolute Gasteiger partial charge is 0.466 e. The quantitative estimate of drug-likeness (QED) is 0.783. The van der Waals surface area contributed by atoms with E-state index in [1.165, 1.54) is 32.1 Å². The van der Waals surface area contributed by atoms with Gasteiger partial charge in [0.25, 0.3) is 0 Å². The van der Waals surface area contributed by atoms with Crippen molar-refractivity contribution in [1.82, 2.24) is 4.90 Å². The molecule has 3 fully saturated rings. The van der Waals surface area contributed by atoms with Gasteiger partial charge in [-0.1, -0.05) is 27.2 Å². The molecule has 0 aromatic carbocycles. The summed E-state index contributed by atoms with van der Waals surface area (Å²) in [5.41, 5.74) is 6.48. The van der Waals surface area contributed by atoms with Crippen molar-refractivity contribution in [3.05, 3.63) is 0 Å². The van der Waals surface area contributed by atoms with Gasteiger partial charge in [0.15, 0.2) is 0 Å². The maximum Gasteiger partial charge on any atom is 0.312 e. The number of fused-ring (bicyclic) bond motifs is 2. The van der Waals surface area contributed by atoms with Crippen LogP contribution in [0.3, 0.4) is 0 Å². The second kappa shape index (κ2) is 6.28. The van der Waals surface area contributed by atoms with Crippen molar-refractivity contribution in [2.24, 2.45) is 28.4 Å². The highest BCUT2D eigenvalue weighted by molar-refractivity contribution is 5.75. The Kier molecular flexibility index (Phi) is 4.76. The van der Waals surface area contributed by atoms with Crippen molar-refractivity contribution in [3.8, 4) is 0 Å². The van der Waals surface area contributed by atoms with Crippen LogP contribution < -0.4 is 5.73 Å². The molecule has 138 valence electrons. The van der Waals surface area contributed by atoms with Crippen LogP contribution in [-0.4, -0.2) is 42.6 Å². The van der Waals surface area contributed by atoms with Crippen molar-refractivity contribution < 1.29 is 9.53 Å². The van der Waals surface area contributed by atoms with E-state index in [1.807, 2.05) is 6.92 Å². The van der Waals surface area contributed by atoms with Gasteiger partial charge in [0, 0.05) is 12.1 Å². The van der Waals surface area contributed by atoms with E-state index in [-0.39, 0.29) is 28.3 Å². The summed E-state index contributed by atoms with van der Waals surface area (Å²) >= 11 is 0. The zero-order valence-electron chi connectivity index (χ0n) is 16.1. The maximum atomic E-state index is 12.9. The number of carbonyl (C=O) groups excluding carboxylic acids is 1. The van der Waals surface area contributed by atoms with E-state index in [2.05, 4.69) is 25.7 Å². The Balaban J connectivity index is 2.07. The molecule has 3 aliphatic rings. The summed E-state index contributed by atoms with van der Waals surface area (Å²) < 4.78 is 5.50. The maximum absolute atomic E-state index is 12.9. The van der Waals surface area contributed by atoms with Gasteiger partial charge < -0.3 is 10.5 Å². The van der Waals surface area contributed by atoms with Crippen LogP contribution in [0.15, 0.2) is 0 Å². The zero-order valence-corrected chi connectivity index (χ0v) is 16.1. The Bertz CT molecular complexity index is 486. The lowest BCUT2D eigenvalue weighted by atomic mass is 9.57. The SMILES string of the molecule is CCOC(=O)[C@H](CN)[C@@]1(N2CCCCC2)C[C@H]2CC[C@@]1(C)C2(C)C. The van der Waals surface area contributed by atoms with Crippen molar-refractivity contribution >= 4 is 5.97 Å². The van der Waals surface area contributed by atoms with Crippen molar-refractivity contribution in [1.29, 1.82) is 0 Å². The lowest BCUT2D eigenvalue weighted by molar-refractivity contribution is -0.164. The summed E-state index contributed by atoms with van der Waals surface area (Å²) in [7, 11) is 0. The number of hydrogen-bond acceptors (Lipinski definition) is 4. The van der Waals surface area contributed by atoms with Gasteiger partial charge in [-0.25, -0.2) is 0 Å². The highest BCUT2D eigenvalue weighted by Crippen LogP contribution is 2.73. The number of esters is 1. The molecule has 0 aromatic heterocycles. The molecule has 2 aliphatic carbocycles. The molecule has 1 heterocycles. The van der Waals surface area contributed by atoms with Crippen LogP contribution in [0.2, 0.25) is 0 Å². The van der Waals surface area contributed by atoms with Crippen molar-refractivity contribution in [3.63, 3.8) is 0 Å². The minimum Gasteiger partial charge on any atom is -0.466 e. The number of carbonyl (C=O) groups is 1. The Labute approximate surface area is 147 Å². The topological polar surface area (TPSA) is 55.6 Å². The summed E-state index contributed by atoms with van der Waals surface area (Å²) in [4.78, 5) is 15.6. The van der Waals surface area contributed by atoms with Gasteiger partial charge in [-0.05, 0) is 68.9 Å². The molecule has 1 saturated heterocycles. The van der Waals surface area contributed by atoms with Crippen LogP contribution in [0.5, 0.6) is 0 Å². The molecule has 4 atom stereocenters.